The lowest BCUT2D eigenvalue weighted by Gasteiger charge is -2.07. The molecule has 0 spiro atoms. The molecule has 1 aliphatic rings. The van der Waals surface area contributed by atoms with E-state index in [2.05, 4.69) is 29.4 Å². The van der Waals surface area contributed by atoms with E-state index in [1.54, 1.807) is 0 Å². The van der Waals surface area contributed by atoms with Crippen LogP contribution in [0.4, 0.5) is 5.69 Å². The van der Waals surface area contributed by atoms with Gasteiger partial charge in [-0.2, -0.15) is 4.57 Å². The van der Waals surface area contributed by atoms with E-state index in [1.165, 1.54) is 31.2 Å². The molecule has 0 fully saturated rings. The van der Waals surface area contributed by atoms with Crippen molar-refractivity contribution in [1.82, 2.24) is 4.98 Å². The first-order chi connectivity index (χ1) is 17.6. The number of nitrogens with zero attached hydrogens (tertiary/aromatic N) is 1. The number of H-pyrrole nitrogens is 1. The fraction of sp³-hybridized carbons (Fsp3) is 0.194. The van der Waals surface area contributed by atoms with Gasteiger partial charge in [0.1, 0.15) is 11.1 Å². The standard InChI is InChI=1S/C31H27N3O2/c1-2-3-4-5-8-20-11-14-22(15-12-20)32-31(36)21-13-16-26-25(19-21)23-17-18-34-27-10-7-6-9-24(27)30(35)29(34)28(23)33-26/h6-7,9-19H,2-5,8H2,1H3,(H,32,36)/p+1. The third kappa shape index (κ3) is 3.77. The van der Waals surface area contributed by atoms with Crippen molar-refractivity contribution < 1.29 is 14.2 Å². The number of carbonyl (C=O) groups is 2. The average molecular weight is 475 g/mol. The van der Waals surface area contributed by atoms with Gasteiger partial charge < -0.3 is 10.3 Å². The summed E-state index contributed by atoms with van der Waals surface area (Å²) in [6.07, 6.45) is 7.98. The fourth-order valence-electron chi connectivity index (χ4n) is 5.20. The van der Waals surface area contributed by atoms with E-state index in [0.717, 1.165) is 39.6 Å². The number of pyridine rings is 1. The van der Waals surface area contributed by atoms with Gasteiger partial charge in [-0.1, -0.05) is 50.5 Å². The Bertz CT molecular complexity index is 1630. The van der Waals surface area contributed by atoms with Crippen molar-refractivity contribution in [2.24, 2.45) is 0 Å². The number of amides is 1. The molecule has 2 aromatic heterocycles. The molecular weight excluding hydrogens is 446 g/mol. The molecule has 0 saturated heterocycles. The molecule has 1 aliphatic heterocycles. The molecule has 0 aliphatic carbocycles. The summed E-state index contributed by atoms with van der Waals surface area (Å²) in [7, 11) is 0. The summed E-state index contributed by atoms with van der Waals surface area (Å²) < 4.78 is 1.94. The predicted molar refractivity (Wildman–Crippen MR) is 143 cm³/mol. The molecule has 36 heavy (non-hydrogen) atoms. The molecule has 0 saturated carbocycles. The van der Waals surface area contributed by atoms with Gasteiger partial charge >= 0.3 is 0 Å². The molecule has 0 bridgehead atoms. The number of anilines is 1. The molecule has 3 heterocycles. The number of benzene rings is 3. The zero-order chi connectivity index (χ0) is 24.6. The predicted octanol–water partition coefficient (Wildman–Crippen LogP) is 6.52. The Hall–Kier alpha value is -4.25. The second-order valence-corrected chi connectivity index (χ2v) is 9.52. The largest absolute Gasteiger partial charge is 0.349 e. The Labute approximate surface area is 209 Å². The number of nitrogens with one attached hydrogen (secondary N) is 2. The number of para-hydroxylation sites is 1. The topological polar surface area (TPSA) is 65.8 Å². The van der Waals surface area contributed by atoms with E-state index in [-0.39, 0.29) is 11.7 Å². The molecule has 5 aromatic rings. The summed E-state index contributed by atoms with van der Waals surface area (Å²) in [5.41, 5.74) is 6.58. The van der Waals surface area contributed by atoms with Crippen molar-refractivity contribution in [3.8, 4) is 5.69 Å². The monoisotopic (exact) mass is 474 g/mol. The lowest BCUT2D eigenvalue weighted by Crippen LogP contribution is -2.31. The molecule has 2 N–H and O–H groups in total. The van der Waals surface area contributed by atoms with Crippen LogP contribution >= 0.6 is 0 Å². The van der Waals surface area contributed by atoms with Gasteiger partial charge in [0.2, 0.25) is 5.69 Å². The fourth-order valence-corrected chi connectivity index (χ4v) is 5.20. The summed E-state index contributed by atoms with van der Waals surface area (Å²) in [6, 6.07) is 23.4. The number of unbranched alkanes of at least 4 members (excludes halogenated alkanes) is 3. The minimum absolute atomic E-state index is 0.00883. The van der Waals surface area contributed by atoms with Crippen molar-refractivity contribution in [2.45, 2.75) is 39.0 Å². The first-order valence-electron chi connectivity index (χ1n) is 12.7. The summed E-state index contributed by atoms with van der Waals surface area (Å²) in [4.78, 5) is 29.6. The smallest absolute Gasteiger partial charge is 0.284 e. The number of aromatic amines is 1. The summed E-state index contributed by atoms with van der Waals surface area (Å²) >= 11 is 0. The van der Waals surface area contributed by atoms with Crippen molar-refractivity contribution >= 4 is 39.2 Å². The number of hydrogen-bond donors (Lipinski definition) is 2. The second-order valence-electron chi connectivity index (χ2n) is 9.52. The normalized spacial score (nSPS) is 12.2. The van der Waals surface area contributed by atoms with Gasteiger partial charge in [-0.25, -0.2) is 0 Å². The minimum Gasteiger partial charge on any atom is -0.349 e. The Kier molecular flexibility index (Phi) is 5.61. The molecule has 1 amide bonds. The van der Waals surface area contributed by atoms with Crippen molar-refractivity contribution in [1.29, 1.82) is 0 Å². The van der Waals surface area contributed by atoms with E-state index in [1.807, 2.05) is 71.4 Å². The third-order valence-corrected chi connectivity index (χ3v) is 7.12. The number of aryl methyl sites for hydroxylation is 1. The molecule has 5 heteroatoms. The molecule has 0 unspecified atom stereocenters. The van der Waals surface area contributed by atoms with Gasteiger partial charge in [0.05, 0.1) is 0 Å². The van der Waals surface area contributed by atoms with Gasteiger partial charge in [0.25, 0.3) is 17.4 Å². The number of hydrogen-bond acceptors (Lipinski definition) is 2. The number of aromatic nitrogens is 2. The van der Waals surface area contributed by atoms with Crippen LogP contribution in [-0.4, -0.2) is 16.7 Å². The lowest BCUT2D eigenvalue weighted by molar-refractivity contribution is -0.592. The maximum atomic E-state index is 13.2. The summed E-state index contributed by atoms with van der Waals surface area (Å²) in [6.45, 7) is 2.22. The van der Waals surface area contributed by atoms with Crippen LogP contribution < -0.4 is 9.88 Å². The van der Waals surface area contributed by atoms with Gasteiger partial charge in [-0.05, 0) is 54.8 Å². The van der Waals surface area contributed by atoms with E-state index in [9.17, 15) is 9.59 Å². The average Bonchev–Trinajstić information content (AvgIpc) is 3.42. The van der Waals surface area contributed by atoms with Crippen LogP contribution in [0, 0.1) is 0 Å². The molecule has 5 nitrogen and oxygen atoms in total. The van der Waals surface area contributed by atoms with Crippen LogP contribution in [0.1, 0.15) is 64.6 Å². The highest BCUT2D eigenvalue weighted by molar-refractivity contribution is 6.21. The second kappa shape index (κ2) is 9.08. The molecule has 0 atom stereocenters. The van der Waals surface area contributed by atoms with Gasteiger partial charge in [0, 0.05) is 39.7 Å². The van der Waals surface area contributed by atoms with Crippen LogP contribution in [0.3, 0.4) is 0 Å². The molecular formula is C31H28N3O2+. The van der Waals surface area contributed by atoms with E-state index < -0.39 is 0 Å². The van der Waals surface area contributed by atoms with Gasteiger partial charge in [-0.15, -0.1) is 0 Å². The lowest BCUT2D eigenvalue weighted by atomic mass is 10.1. The number of carbonyl (C=O) groups excluding carboxylic acids is 2. The van der Waals surface area contributed by atoms with Gasteiger partial charge in [-0.3, -0.25) is 9.59 Å². The number of ketones is 1. The summed E-state index contributed by atoms with van der Waals surface area (Å²) in [5.74, 6) is -0.143. The van der Waals surface area contributed by atoms with Crippen molar-refractivity contribution in [3.05, 3.63) is 101 Å². The molecule has 3 aromatic carbocycles. The zero-order valence-corrected chi connectivity index (χ0v) is 20.3. The third-order valence-electron chi connectivity index (χ3n) is 7.12. The van der Waals surface area contributed by atoms with E-state index >= 15 is 0 Å². The minimum atomic E-state index is -0.152. The SMILES string of the molecule is CCCCCCc1ccc(NC(=O)c2ccc3[nH]c4c5[n+](ccc4c3c2)-c2ccccc2C5=O)cc1. The van der Waals surface area contributed by atoms with Crippen molar-refractivity contribution in [3.63, 3.8) is 0 Å². The quantitative estimate of drug-likeness (QED) is 0.204. The van der Waals surface area contributed by atoms with Gasteiger partial charge in [0.15, 0.2) is 6.20 Å². The van der Waals surface area contributed by atoms with E-state index in [0.29, 0.717) is 16.8 Å². The van der Waals surface area contributed by atoms with Crippen LogP contribution in [0.15, 0.2) is 79.0 Å². The molecule has 6 rings (SSSR count). The number of fused-ring (bicyclic) bond motifs is 7. The first-order valence-corrected chi connectivity index (χ1v) is 12.7. The van der Waals surface area contributed by atoms with Crippen molar-refractivity contribution in [2.75, 3.05) is 5.32 Å². The van der Waals surface area contributed by atoms with E-state index in [4.69, 9.17) is 0 Å². The molecule has 178 valence electrons. The van der Waals surface area contributed by atoms with Crippen LogP contribution in [0.5, 0.6) is 0 Å². The first kappa shape index (κ1) is 22.2. The highest BCUT2D eigenvalue weighted by Crippen LogP contribution is 2.31. The Morgan fingerprint density at radius 1 is 0.917 bits per heavy atom. The molecule has 0 radical (unpaired) electrons. The summed E-state index contributed by atoms with van der Waals surface area (Å²) in [5, 5.41) is 4.87. The highest BCUT2D eigenvalue weighted by Gasteiger charge is 2.38. The number of rotatable bonds is 7. The maximum Gasteiger partial charge on any atom is 0.284 e. The maximum absolute atomic E-state index is 13.2. The Morgan fingerprint density at radius 2 is 1.75 bits per heavy atom. The van der Waals surface area contributed by atoms with Crippen LogP contribution in [0.25, 0.3) is 27.5 Å². The Balaban J connectivity index is 1.26. The van der Waals surface area contributed by atoms with Crippen LogP contribution in [0.2, 0.25) is 0 Å². The zero-order valence-electron chi connectivity index (χ0n) is 20.3. The Morgan fingerprint density at radius 3 is 2.58 bits per heavy atom. The van der Waals surface area contributed by atoms with Crippen LogP contribution in [-0.2, 0) is 6.42 Å². The highest BCUT2D eigenvalue weighted by atomic mass is 16.1.